The predicted molar refractivity (Wildman–Crippen MR) is 86.3 cm³/mol. The Morgan fingerprint density at radius 1 is 1.04 bits per heavy atom. The highest BCUT2D eigenvalue weighted by atomic mass is 19.1. The number of nitrogens with one attached hydrogen (secondary N) is 2. The number of hydrogen-bond acceptors (Lipinski definition) is 4. The third-order valence-electron chi connectivity index (χ3n) is 3.14. The van der Waals surface area contributed by atoms with Crippen molar-refractivity contribution in [2.24, 2.45) is 0 Å². The van der Waals surface area contributed by atoms with Crippen LogP contribution >= 0.6 is 0 Å². The average Bonchev–Trinajstić information content (AvgIpc) is 2.59. The molecular weight excluding hydrogens is 318 g/mol. The van der Waals surface area contributed by atoms with Crippen molar-refractivity contribution in [2.45, 2.75) is 0 Å². The van der Waals surface area contributed by atoms with Gasteiger partial charge in [-0.2, -0.15) is 0 Å². The lowest BCUT2D eigenvalue weighted by Crippen LogP contribution is -2.33. The van der Waals surface area contributed by atoms with Crippen LogP contribution in [0, 0.1) is 11.6 Å². The number of methoxy groups -OCH3 is 1. The molecule has 1 amide bonds. The summed E-state index contributed by atoms with van der Waals surface area (Å²) in [4.78, 5) is 11.6. The highest BCUT2D eigenvalue weighted by Gasteiger charge is 2.09. The number of amides is 1. The van der Waals surface area contributed by atoms with Crippen LogP contribution in [0.2, 0.25) is 0 Å². The van der Waals surface area contributed by atoms with Crippen molar-refractivity contribution in [2.75, 3.05) is 32.1 Å². The molecular formula is C17H18F2N2O3. The summed E-state index contributed by atoms with van der Waals surface area (Å²) in [5.74, 6) is -0.508. The minimum absolute atomic E-state index is 0.236. The third-order valence-corrected chi connectivity index (χ3v) is 3.14. The summed E-state index contributed by atoms with van der Waals surface area (Å²) in [6.45, 7) is 0.304. The van der Waals surface area contributed by atoms with Crippen molar-refractivity contribution in [1.29, 1.82) is 0 Å². The Bertz CT molecular complexity index is 658. The van der Waals surface area contributed by atoms with E-state index in [2.05, 4.69) is 10.6 Å². The number of carbonyl (C=O) groups excluding carboxylic acids is 1. The van der Waals surface area contributed by atoms with Crippen molar-refractivity contribution in [1.82, 2.24) is 5.32 Å². The number of hydrogen-bond donors (Lipinski definition) is 2. The normalized spacial score (nSPS) is 10.1. The largest absolute Gasteiger partial charge is 0.497 e. The lowest BCUT2D eigenvalue weighted by Gasteiger charge is -2.10. The van der Waals surface area contributed by atoms with Crippen molar-refractivity contribution in [3.63, 3.8) is 0 Å². The molecule has 0 aliphatic rings. The maximum Gasteiger partial charge on any atom is 0.239 e. The fraction of sp³-hybridized carbons (Fsp3) is 0.235. The Morgan fingerprint density at radius 2 is 1.67 bits per heavy atom. The monoisotopic (exact) mass is 336 g/mol. The van der Waals surface area contributed by atoms with E-state index >= 15 is 0 Å². The Balaban J connectivity index is 1.68. The van der Waals surface area contributed by atoms with Crippen molar-refractivity contribution in [3.8, 4) is 11.5 Å². The van der Waals surface area contributed by atoms with Gasteiger partial charge in [0, 0.05) is 0 Å². The number of para-hydroxylation sites is 1. The van der Waals surface area contributed by atoms with E-state index in [1.807, 2.05) is 0 Å². The topological polar surface area (TPSA) is 59.6 Å². The molecule has 7 heteroatoms. The second-order valence-corrected chi connectivity index (χ2v) is 4.82. The molecule has 128 valence electrons. The van der Waals surface area contributed by atoms with Gasteiger partial charge in [0.2, 0.25) is 5.91 Å². The van der Waals surface area contributed by atoms with Gasteiger partial charge in [0.1, 0.15) is 35.4 Å². The van der Waals surface area contributed by atoms with Crippen LogP contribution in [0.4, 0.5) is 14.5 Å². The lowest BCUT2D eigenvalue weighted by atomic mass is 10.3. The number of anilines is 1. The SMILES string of the molecule is COc1ccc(OCCNC(=O)CNc2c(F)cccc2F)cc1. The first-order valence-corrected chi connectivity index (χ1v) is 7.31. The molecule has 0 unspecified atom stereocenters. The Kier molecular flexibility index (Phi) is 6.36. The van der Waals surface area contributed by atoms with E-state index in [1.54, 1.807) is 31.4 Å². The first kappa shape index (κ1) is 17.5. The molecule has 0 fully saturated rings. The number of halogens is 2. The summed E-state index contributed by atoms with van der Waals surface area (Å²) in [6.07, 6.45) is 0. The number of benzene rings is 2. The van der Waals surface area contributed by atoms with Crippen LogP contribution in [0.5, 0.6) is 11.5 Å². The first-order valence-electron chi connectivity index (χ1n) is 7.31. The van der Waals surface area contributed by atoms with Crippen LogP contribution in [0.25, 0.3) is 0 Å². The van der Waals surface area contributed by atoms with Gasteiger partial charge in [-0.25, -0.2) is 8.78 Å². The Hall–Kier alpha value is -2.83. The van der Waals surface area contributed by atoms with Crippen LogP contribution in [-0.2, 0) is 4.79 Å². The maximum absolute atomic E-state index is 13.4. The smallest absolute Gasteiger partial charge is 0.239 e. The quantitative estimate of drug-likeness (QED) is 0.728. The molecule has 0 saturated carbocycles. The molecule has 0 atom stereocenters. The highest BCUT2D eigenvalue weighted by Crippen LogP contribution is 2.17. The zero-order chi connectivity index (χ0) is 17.4. The number of ether oxygens (including phenoxy) is 2. The van der Waals surface area contributed by atoms with Crippen LogP contribution in [-0.4, -0.2) is 32.7 Å². The van der Waals surface area contributed by atoms with E-state index < -0.39 is 17.5 Å². The molecule has 5 nitrogen and oxygen atoms in total. The van der Waals surface area contributed by atoms with Crippen molar-refractivity contribution < 1.29 is 23.0 Å². The van der Waals surface area contributed by atoms with Gasteiger partial charge >= 0.3 is 0 Å². The van der Waals surface area contributed by atoms with Gasteiger partial charge in [0.25, 0.3) is 0 Å². The molecule has 24 heavy (non-hydrogen) atoms. The fourth-order valence-electron chi connectivity index (χ4n) is 1.93. The second-order valence-electron chi connectivity index (χ2n) is 4.82. The zero-order valence-electron chi connectivity index (χ0n) is 13.1. The summed E-state index contributed by atoms with van der Waals surface area (Å²) in [5, 5.41) is 5.02. The molecule has 2 aromatic rings. The minimum atomic E-state index is -0.745. The molecule has 0 aromatic heterocycles. The summed E-state index contributed by atoms with van der Waals surface area (Å²) >= 11 is 0. The van der Waals surface area contributed by atoms with E-state index in [1.165, 1.54) is 6.07 Å². The van der Waals surface area contributed by atoms with Gasteiger partial charge in [-0.15, -0.1) is 0 Å². The number of carbonyl (C=O) groups is 1. The molecule has 0 aliphatic carbocycles. The summed E-state index contributed by atoms with van der Waals surface area (Å²) in [5.41, 5.74) is -0.317. The maximum atomic E-state index is 13.4. The zero-order valence-corrected chi connectivity index (χ0v) is 13.1. The number of rotatable bonds is 8. The molecule has 0 radical (unpaired) electrons. The van der Waals surface area contributed by atoms with Crippen LogP contribution in [0.3, 0.4) is 0 Å². The van der Waals surface area contributed by atoms with E-state index in [0.29, 0.717) is 5.75 Å². The van der Waals surface area contributed by atoms with Crippen LogP contribution in [0.15, 0.2) is 42.5 Å². The predicted octanol–water partition coefficient (Wildman–Crippen LogP) is 2.58. The lowest BCUT2D eigenvalue weighted by molar-refractivity contribution is -0.119. The fourth-order valence-corrected chi connectivity index (χ4v) is 1.93. The Labute approximate surface area is 138 Å². The average molecular weight is 336 g/mol. The standard InChI is InChI=1S/C17H18F2N2O3/c1-23-12-5-7-13(8-6-12)24-10-9-20-16(22)11-21-17-14(18)3-2-4-15(17)19/h2-8,21H,9-11H2,1H3,(H,20,22). The molecule has 0 saturated heterocycles. The van der Waals surface area contributed by atoms with E-state index in [-0.39, 0.29) is 25.4 Å². The van der Waals surface area contributed by atoms with Gasteiger partial charge in [-0.05, 0) is 36.4 Å². The van der Waals surface area contributed by atoms with Crippen LogP contribution < -0.4 is 20.1 Å². The van der Waals surface area contributed by atoms with Gasteiger partial charge in [-0.1, -0.05) is 6.07 Å². The molecule has 2 rings (SSSR count). The second kappa shape index (κ2) is 8.71. The molecule has 0 bridgehead atoms. The van der Waals surface area contributed by atoms with Gasteiger partial charge in [0.05, 0.1) is 20.2 Å². The first-order chi connectivity index (χ1) is 11.6. The van der Waals surface area contributed by atoms with E-state index in [0.717, 1.165) is 17.9 Å². The van der Waals surface area contributed by atoms with E-state index in [9.17, 15) is 13.6 Å². The van der Waals surface area contributed by atoms with E-state index in [4.69, 9.17) is 9.47 Å². The molecule has 0 aliphatic heterocycles. The minimum Gasteiger partial charge on any atom is -0.497 e. The van der Waals surface area contributed by atoms with Crippen molar-refractivity contribution in [3.05, 3.63) is 54.1 Å². The van der Waals surface area contributed by atoms with Crippen LogP contribution in [0.1, 0.15) is 0 Å². The summed E-state index contributed by atoms with van der Waals surface area (Å²) < 4.78 is 37.3. The molecule has 2 N–H and O–H groups in total. The van der Waals surface area contributed by atoms with Gasteiger partial charge < -0.3 is 20.1 Å². The van der Waals surface area contributed by atoms with Crippen molar-refractivity contribution >= 4 is 11.6 Å². The third kappa shape index (κ3) is 5.12. The Morgan fingerprint density at radius 3 is 2.29 bits per heavy atom. The highest BCUT2D eigenvalue weighted by molar-refractivity contribution is 5.80. The molecule has 0 heterocycles. The molecule has 2 aromatic carbocycles. The summed E-state index contributed by atoms with van der Waals surface area (Å²) in [7, 11) is 1.58. The van der Waals surface area contributed by atoms with Gasteiger partial charge in [-0.3, -0.25) is 4.79 Å². The summed E-state index contributed by atoms with van der Waals surface area (Å²) in [6, 6.07) is 10.5. The molecule has 0 spiro atoms. The van der Waals surface area contributed by atoms with Gasteiger partial charge in [0.15, 0.2) is 0 Å².